The van der Waals surface area contributed by atoms with Crippen molar-refractivity contribution in [1.29, 1.82) is 0 Å². The summed E-state index contributed by atoms with van der Waals surface area (Å²) < 4.78 is 60.3. The average molecular weight is 547 g/mol. The second-order valence-electron chi connectivity index (χ2n) is 9.16. The molecule has 0 aromatic heterocycles. The number of rotatable bonds is 8. The third-order valence-corrected chi connectivity index (χ3v) is 12.2. The van der Waals surface area contributed by atoms with Crippen LogP contribution in [0.1, 0.15) is 30.0 Å². The first-order chi connectivity index (χ1) is 18.2. The maximum Gasteiger partial charge on any atom is 0.326 e. The van der Waals surface area contributed by atoms with Gasteiger partial charge in [-0.1, -0.05) is 91.9 Å². The van der Waals surface area contributed by atoms with Gasteiger partial charge in [0.05, 0.1) is 9.79 Å². The molecule has 0 N–H and O–H groups in total. The van der Waals surface area contributed by atoms with Crippen molar-refractivity contribution >= 4 is 25.6 Å². The Balaban J connectivity index is 1.80. The molecule has 1 heterocycles. The minimum absolute atomic E-state index is 0.137. The fourth-order valence-corrected chi connectivity index (χ4v) is 9.70. The van der Waals surface area contributed by atoms with Crippen LogP contribution in [0.25, 0.3) is 0 Å². The summed E-state index contributed by atoms with van der Waals surface area (Å²) in [4.78, 5) is 13.6. The minimum atomic E-state index is -4.48. The lowest BCUT2D eigenvalue weighted by Gasteiger charge is -2.31. The van der Waals surface area contributed by atoms with Crippen LogP contribution in [0, 0.1) is 0 Å². The van der Waals surface area contributed by atoms with E-state index >= 15 is 0 Å². The molecular weight excluding hydrogens is 520 g/mol. The van der Waals surface area contributed by atoms with Gasteiger partial charge in [-0.2, -0.15) is 0 Å². The molecule has 4 aromatic rings. The van der Waals surface area contributed by atoms with E-state index in [2.05, 4.69) is 0 Å². The molecular formula is C30H26O6S2. The Bertz CT molecular complexity index is 1610. The maximum atomic E-state index is 14.1. The van der Waals surface area contributed by atoms with Gasteiger partial charge in [-0.25, -0.2) is 16.8 Å². The molecule has 0 saturated carbocycles. The highest BCUT2D eigenvalue weighted by Crippen LogP contribution is 2.50. The van der Waals surface area contributed by atoms with E-state index in [1.165, 1.54) is 24.3 Å². The molecule has 194 valence electrons. The van der Waals surface area contributed by atoms with Crippen molar-refractivity contribution in [3.63, 3.8) is 0 Å². The van der Waals surface area contributed by atoms with Crippen LogP contribution >= 0.6 is 0 Å². The van der Waals surface area contributed by atoms with Crippen LogP contribution in [0.15, 0.2) is 119 Å². The number of carbonyl (C=O) groups is 1. The lowest BCUT2D eigenvalue weighted by molar-refractivity contribution is -0.137. The standard InChI is InChI=1S/C30H26O6S2/c1-2-22-13-12-20-26-28(22)36-29(31)30(26,23-14-6-3-7-15-23)21-27(37(32,33)24-16-8-4-9-17-24)38(34,35)25-18-10-5-11-19-25/h3-20,27H,2,21H2,1H3/t30-/m1/s1. The SMILES string of the molecule is CCc1cccc2c1OC(=O)[C@]2(CC(S(=O)(=O)c1ccccc1)S(=O)(=O)c1ccccc1)c1ccccc1. The van der Waals surface area contributed by atoms with Crippen molar-refractivity contribution in [3.8, 4) is 5.75 Å². The summed E-state index contributed by atoms with van der Waals surface area (Å²) in [6, 6.07) is 28.9. The van der Waals surface area contributed by atoms with Gasteiger partial charge in [-0.15, -0.1) is 0 Å². The summed E-state index contributed by atoms with van der Waals surface area (Å²) in [5.41, 5.74) is 0.0519. The van der Waals surface area contributed by atoms with Crippen molar-refractivity contribution in [1.82, 2.24) is 0 Å². The molecule has 0 radical (unpaired) electrons. The smallest absolute Gasteiger partial charge is 0.326 e. The molecule has 0 bridgehead atoms. The molecule has 4 aromatic carbocycles. The van der Waals surface area contributed by atoms with E-state index in [0.29, 0.717) is 23.3 Å². The van der Waals surface area contributed by atoms with E-state index in [1.807, 2.05) is 13.0 Å². The number of benzene rings is 4. The summed E-state index contributed by atoms with van der Waals surface area (Å²) in [6.07, 6.45) is 0.0276. The van der Waals surface area contributed by atoms with E-state index in [9.17, 15) is 21.6 Å². The summed E-state index contributed by atoms with van der Waals surface area (Å²) in [5.74, 6) is -0.340. The van der Waals surface area contributed by atoms with Crippen LogP contribution in [0.4, 0.5) is 0 Å². The van der Waals surface area contributed by atoms with Gasteiger partial charge in [-0.3, -0.25) is 4.79 Å². The average Bonchev–Trinajstić information content (AvgIpc) is 3.24. The monoisotopic (exact) mass is 546 g/mol. The zero-order chi connectivity index (χ0) is 27.0. The van der Waals surface area contributed by atoms with Crippen molar-refractivity contribution in [2.75, 3.05) is 0 Å². The van der Waals surface area contributed by atoms with Crippen LogP contribution in [-0.4, -0.2) is 27.4 Å². The van der Waals surface area contributed by atoms with Crippen LogP contribution in [0.5, 0.6) is 5.75 Å². The number of aryl methyl sites for hydroxylation is 1. The molecule has 0 unspecified atom stereocenters. The van der Waals surface area contributed by atoms with Crippen molar-refractivity contribution in [2.24, 2.45) is 0 Å². The quantitative estimate of drug-likeness (QED) is 0.225. The van der Waals surface area contributed by atoms with E-state index in [-0.39, 0.29) is 9.79 Å². The molecule has 1 aliphatic rings. The fourth-order valence-electron chi connectivity index (χ4n) is 5.08. The Morgan fingerprint density at radius 3 is 1.68 bits per heavy atom. The molecule has 8 heteroatoms. The third-order valence-electron chi connectivity index (χ3n) is 7.06. The van der Waals surface area contributed by atoms with Gasteiger partial charge >= 0.3 is 5.97 Å². The Kier molecular flexibility index (Phi) is 6.71. The van der Waals surface area contributed by atoms with Gasteiger partial charge in [0.1, 0.15) is 11.2 Å². The van der Waals surface area contributed by atoms with E-state index in [0.717, 1.165) is 5.56 Å². The van der Waals surface area contributed by atoms with Crippen LogP contribution in [0.3, 0.4) is 0 Å². The molecule has 0 spiro atoms. The number of para-hydroxylation sites is 1. The van der Waals surface area contributed by atoms with Gasteiger partial charge in [0.25, 0.3) is 0 Å². The fraction of sp³-hybridized carbons (Fsp3) is 0.167. The minimum Gasteiger partial charge on any atom is -0.425 e. The summed E-state index contributed by atoms with van der Waals surface area (Å²) in [5, 5.41) is 0. The molecule has 0 saturated heterocycles. The van der Waals surface area contributed by atoms with Gasteiger partial charge in [-0.05, 0) is 41.8 Å². The van der Waals surface area contributed by atoms with Gasteiger partial charge < -0.3 is 4.74 Å². The zero-order valence-corrected chi connectivity index (χ0v) is 22.3. The largest absolute Gasteiger partial charge is 0.425 e. The number of esters is 1. The molecule has 1 atom stereocenters. The Morgan fingerprint density at radius 2 is 1.18 bits per heavy atom. The van der Waals surface area contributed by atoms with Gasteiger partial charge in [0, 0.05) is 12.0 Å². The summed E-state index contributed by atoms with van der Waals surface area (Å²) >= 11 is 0. The molecule has 5 rings (SSSR count). The summed E-state index contributed by atoms with van der Waals surface area (Å²) in [6.45, 7) is 1.93. The van der Waals surface area contributed by atoms with Crippen LogP contribution < -0.4 is 4.74 Å². The Morgan fingerprint density at radius 1 is 0.684 bits per heavy atom. The predicted octanol–water partition coefficient (Wildman–Crippen LogP) is 5.12. The van der Waals surface area contributed by atoms with Gasteiger partial charge in [0.2, 0.25) is 0 Å². The van der Waals surface area contributed by atoms with Gasteiger partial charge in [0.15, 0.2) is 24.3 Å². The zero-order valence-electron chi connectivity index (χ0n) is 20.6. The summed E-state index contributed by atoms with van der Waals surface area (Å²) in [7, 11) is -8.96. The molecule has 38 heavy (non-hydrogen) atoms. The number of fused-ring (bicyclic) bond motifs is 1. The van der Waals surface area contributed by atoms with Crippen LogP contribution in [-0.2, 0) is 36.3 Å². The second kappa shape index (κ2) is 9.85. The normalized spacial score (nSPS) is 17.3. The number of hydrogen-bond donors (Lipinski definition) is 0. The first kappa shape index (κ1) is 25.9. The number of hydrogen-bond acceptors (Lipinski definition) is 6. The van der Waals surface area contributed by atoms with Crippen molar-refractivity contribution in [3.05, 3.63) is 126 Å². The van der Waals surface area contributed by atoms with E-state index in [1.54, 1.807) is 78.9 Å². The predicted molar refractivity (Wildman–Crippen MR) is 144 cm³/mol. The first-order valence-electron chi connectivity index (χ1n) is 12.2. The van der Waals surface area contributed by atoms with Crippen LogP contribution in [0.2, 0.25) is 0 Å². The third kappa shape index (κ3) is 4.14. The van der Waals surface area contributed by atoms with E-state index < -0.39 is 42.1 Å². The molecule has 0 aliphatic carbocycles. The number of carbonyl (C=O) groups excluding carboxylic acids is 1. The Labute approximate surface area is 222 Å². The maximum absolute atomic E-state index is 14.1. The Hall–Kier alpha value is -3.75. The molecule has 6 nitrogen and oxygen atoms in total. The molecule has 0 fully saturated rings. The highest BCUT2D eigenvalue weighted by Gasteiger charge is 2.56. The lowest BCUT2D eigenvalue weighted by Crippen LogP contribution is -2.43. The first-order valence-corrected chi connectivity index (χ1v) is 15.3. The topological polar surface area (TPSA) is 94.6 Å². The second-order valence-corrected chi connectivity index (χ2v) is 13.7. The molecule has 0 amide bonds. The number of sulfone groups is 2. The van der Waals surface area contributed by atoms with E-state index in [4.69, 9.17) is 4.74 Å². The lowest BCUT2D eigenvalue weighted by atomic mass is 9.73. The highest BCUT2D eigenvalue weighted by molar-refractivity contribution is 8.09. The van der Waals surface area contributed by atoms with Crippen molar-refractivity contribution < 1.29 is 26.4 Å². The molecule has 1 aliphatic heterocycles. The highest BCUT2D eigenvalue weighted by atomic mass is 32.3. The number of ether oxygens (including phenoxy) is 1. The van der Waals surface area contributed by atoms with Crippen molar-refractivity contribution in [2.45, 2.75) is 39.6 Å².